The zero-order chi connectivity index (χ0) is 11.6. The summed E-state index contributed by atoms with van der Waals surface area (Å²) in [4.78, 5) is 9.29. The van der Waals surface area contributed by atoms with E-state index in [-0.39, 0.29) is 0 Å². The number of carboxylic acid groups (broad SMARTS) is 1. The summed E-state index contributed by atoms with van der Waals surface area (Å²) in [6.07, 6.45) is 0. The number of hydrogen-bond acceptors (Lipinski definition) is 2. The van der Waals surface area contributed by atoms with Crippen LogP contribution in [-0.2, 0) is 4.79 Å². The number of rotatable bonds is 3. The first-order chi connectivity index (χ1) is 6.83. The molecule has 0 radical (unpaired) electrons. The molecular weight excluding hydrogens is 236 g/mol. The van der Waals surface area contributed by atoms with E-state index in [4.69, 9.17) is 5.11 Å². The van der Waals surface area contributed by atoms with E-state index in [0.29, 0.717) is 12.1 Å². The Kier molecular flexibility index (Phi) is 3.23. The first kappa shape index (κ1) is 11.8. The Morgan fingerprint density at radius 2 is 1.93 bits per heavy atom. The van der Waals surface area contributed by atoms with Crippen molar-refractivity contribution in [3.63, 3.8) is 0 Å². The van der Waals surface area contributed by atoms with Gasteiger partial charge in [0.15, 0.2) is 0 Å². The molecule has 0 unspecified atom stereocenters. The van der Waals surface area contributed by atoms with E-state index in [1.165, 1.54) is 0 Å². The topological polar surface area (TPSA) is 37.3 Å². The summed E-state index contributed by atoms with van der Waals surface area (Å²) in [6, 6.07) is 1.91. The highest BCUT2D eigenvalue weighted by atomic mass is 32.2. The van der Waals surface area contributed by atoms with Crippen molar-refractivity contribution in [2.45, 2.75) is 10.2 Å². The number of alkyl halides is 2. The second-order valence-corrected chi connectivity index (χ2v) is 3.66. The lowest BCUT2D eigenvalue weighted by Crippen LogP contribution is -2.23. The first-order valence-corrected chi connectivity index (χ1v) is 4.40. The molecule has 1 aromatic rings. The third kappa shape index (κ3) is 2.85. The number of halogens is 4. The van der Waals surface area contributed by atoms with Crippen molar-refractivity contribution in [3.8, 4) is 0 Å². The van der Waals surface area contributed by atoms with E-state index < -0.39 is 39.5 Å². The summed E-state index contributed by atoms with van der Waals surface area (Å²) in [5.74, 6) is -4.42. The molecule has 0 aliphatic rings. The second kappa shape index (κ2) is 4.09. The van der Waals surface area contributed by atoms with Crippen molar-refractivity contribution in [2.24, 2.45) is 0 Å². The Hall–Kier alpha value is -1.24. The largest absolute Gasteiger partial charge is 0.476 e. The molecule has 0 saturated carbocycles. The number of carboxylic acids is 1. The number of hydrogen-bond donors (Lipinski definition) is 1. The maximum absolute atomic E-state index is 12.8. The van der Waals surface area contributed by atoms with Gasteiger partial charge in [-0.2, -0.15) is 8.78 Å². The van der Waals surface area contributed by atoms with Gasteiger partial charge >= 0.3 is 11.2 Å². The highest BCUT2D eigenvalue weighted by molar-refractivity contribution is 8.01. The zero-order valence-electron chi connectivity index (χ0n) is 7.01. The van der Waals surface area contributed by atoms with Crippen molar-refractivity contribution in [3.05, 3.63) is 29.8 Å². The van der Waals surface area contributed by atoms with Crippen molar-refractivity contribution in [1.29, 1.82) is 0 Å². The Bertz CT molecular complexity index is 394. The molecular formula is C8H4F4O2S. The van der Waals surface area contributed by atoms with Gasteiger partial charge in [0, 0.05) is 0 Å². The van der Waals surface area contributed by atoms with Crippen molar-refractivity contribution in [1.82, 2.24) is 0 Å². The molecule has 0 atom stereocenters. The van der Waals surface area contributed by atoms with Gasteiger partial charge in [-0.15, -0.1) is 0 Å². The van der Waals surface area contributed by atoms with Gasteiger partial charge in [-0.1, -0.05) is 0 Å². The minimum absolute atomic E-state index is 0.511. The van der Waals surface area contributed by atoms with Gasteiger partial charge < -0.3 is 5.11 Å². The smallest absolute Gasteiger partial charge is 0.393 e. The van der Waals surface area contributed by atoms with Crippen molar-refractivity contribution < 1.29 is 27.5 Å². The van der Waals surface area contributed by atoms with Crippen LogP contribution in [0.3, 0.4) is 0 Å². The summed E-state index contributed by atoms with van der Waals surface area (Å²) < 4.78 is 50.6. The van der Waals surface area contributed by atoms with Gasteiger partial charge in [0.1, 0.15) is 11.6 Å². The summed E-state index contributed by atoms with van der Waals surface area (Å²) in [5, 5.41) is 3.89. The van der Waals surface area contributed by atoms with Crippen LogP contribution in [0.5, 0.6) is 0 Å². The molecule has 0 saturated heterocycles. The van der Waals surface area contributed by atoms with Crippen LogP contribution in [0.4, 0.5) is 17.6 Å². The van der Waals surface area contributed by atoms with Crippen LogP contribution in [0.2, 0.25) is 0 Å². The van der Waals surface area contributed by atoms with Crippen LogP contribution in [0, 0.1) is 11.6 Å². The fourth-order valence-corrected chi connectivity index (χ4v) is 1.44. The number of aliphatic carboxylic acids is 1. The molecule has 0 aliphatic heterocycles. The second-order valence-electron chi connectivity index (χ2n) is 2.50. The number of benzene rings is 1. The maximum Gasteiger partial charge on any atom is 0.393 e. The minimum Gasteiger partial charge on any atom is -0.476 e. The monoisotopic (exact) mass is 240 g/mol. The molecule has 2 nitrogen and oxygen atoms in total. The zero-order valence-corrected chi connectivity index (χ0v) is 7.82. The third-order valence-electron chi connectivity index (χ3n) is 1.38. The number of thioether (sulfide) groups is 1. The van der Waals surface area contributed by atoms with E-state index >= 15 is 0 Å². The lowest BCUT2D eigenvalue weighted by atomic mass is 10.3. The average Bonchev–Trinajstić information content (AvgIpc) is 2.10. The highest BCUT2D eigenvalue weighted by Crippen LogP contribution is 2.37. The molecule has 0 aromatic heterocycles. The number of carbonyl (C=O) groups is 1. The minimum atomic E-state index is -4.19. The van der Waals surface area contributed by atoms with Crippen LogP contribution < -0.4 is 0 Å². The highest BCUT2D eigenvalue weighted by Gasteiger charge is 2.41. The molecule has 0 fully saturated rings. The predicted octanol–water partition coefficient (Wildman–Crippen LogP) is 2.73. The summed E-state index contributed by atoms with van der Waals surface area (Å²) >= 11 is -0.553. The van der Waals surface area contributed by atoms with Crippen LogP contribution in [-0.4, -0.2) is 16.3 Å². The molecule has 0 bridgehead atoms. The first-order valence-electron chi connectivity index (χ1n) is 3.58. The SMILES string of the molecule is O=C(O)C(F)(F)Sc1cc(F)ccc1F. The average molecular weight is 240 g/mol. The molecule has 7 heteroatoms. The Morgan fingerprint density at radius 3 is 2.47 bits per heavy atom. The molecule has 0 spiro atoms. The molecule has 1 rings (SSSR count). The Balaban J connectivity index is 2.99. The normalized spacial score (nSPS) is 11.5. The maximum atomic E-state index is 12.8. The van der Waals surface area contributed by atoms with E-state index in [0.717, 1.165) is 6.07 Å². The van der Waals surface area contributed by atoms with Gasteiger partial charge in [-0.3, -0.25) is 0 Å². The predicted molar refractivity (Wildman–Crippen MR) is 44.8 cm³/mol. The van der Waals surface area contributed by atoms with E-state index in [2.05, 4.69) is 0 Å². The quantitative estimate of drug-likeness (QED) is 0.652. The molecule has 0 heterocycles. The van der Waals surface area contributed by atoms with Gasteiger partial charge in [-0.25, -0.2) is 13.6 Å². The van der Waals surface area contributed by atoms with Crippen molar-refractivity contribution >= 4 is 17.7 Å². The van der Waals surface area contributed by atoms with Gasteiger partial charge in [0.25, 0.3) is 0 Å². The Morgan fingerprint density at radius 1 is 1.33 bits per heavy atom. The van der Waals surface area contributed by atoms with Crippen LogP contribution >= 0.6 is 11.8 Å². The molecule has 0 amide bonds. The summed E-state index contributed by atoms with van der Waals surface area (Å²) in [5.41, 5.74) is 0. The molecule has 82 valence electrons. The fourth-order valence-electron chi connectivity index (χ4n) is 0.737. The van der Waals surface area contributed by atoms with Crippen molar-refractivity contribution in [2.75, 3.05) is 0 Å². The van der Waals surface area contributed by atoms with Crippen LogP contribution in [0.25, 0.3) is 0 Å². The van der Waals surface area contributed by atoms with Crippen LogP contribution in [0.1, 0.15) is 0 Å². The van der Waals surface area contributed by atoms with Crippen LogP contribution in [0.15, 0.2) is 23.1 Å². The van der Waals surface area contributed by atoms with E-state index in [9.17, 15) is 22.4 Å². The molecule has 1 aromatic carbocycles. The van der Waals surface area contributed by atoms with E-state index in [1.54, 1.807) is 0 Å². The standard InChI is InChI=1S/C8H4F4O2S/c9-4-1-2-5(10)6(3-4)15-8(11,12)7(13)14/h1-3H,(H,13,14). The Labute approximate surface area is 85.9 Å². The third-order valence-corrected chi connectivity index (χ3v) is 2.34. The molecule has 1 N–H and O–H groups in total. The lowest BCUT2D eigenvalue weighted by molar-refractivity contribution is -0.152. The van der Waals surface area contributed by atoms with Gasteiger partial charge in [0.05, 0.1) is 4.90 Å². The van der Waals surface area contributed by atoms with E-state index in [1.807, 2.05) is 0 Å². The van der Waals surface area contributed by atoms with Gasteiger partial charge in [-0.05, 0) is 30.0 Å². The fraction of sp³-hybridized carbons (Fsp3) is 0.125. The van der Waals surface area contributed by atoms with Gasteiger partial charge in [0.2, 0.25) is 0 Å². The lowest BCUT2D eigenvalue weighted by Gasteiger charge is -2.10. The molecule has 0 aliphatic carbocycles. The molecule has 15 heavy (non-hydrogen) atoms. The summed E-state index contributed by atoms with van der Waals surface area (Å²) in [6.45, 7) is 0. The summed E-state index contributed by atoms with van der Waals surface area (Å²) in [7, 11) is 0.